The highest BCUT2D eigenvalue weighted by molar-refractivity contribution is 5.93. The molecule has 0 saturated carbocycles. The van der Waals surface area contributed by atoms with Crippen molar-refractivity contribution in [3.05, 3.63) is 61.7 Å². The first-order valence-electron chi connectivity index (χ1n) is 19.6. The van der Waals surface area contributed by atoms with Crippen LogP contribution in [0.25, 0.3) is 22.3 Å². The summed E-state index contributed by atoms with van der Waals surface area (Å²) in [6.45, 7) is 10.6. The van der Waals surface area contributed by atoms with E-state index in [2.05, 4.69) is 10.2 Å². The van der Waals surface area contributed by atoms with Crippen LogP contribution in [0.3, 0.4) is 0 Å². The first-order chi connectivity index (χ1) is 26.6. The fourth-order valence-electron chi connectivity index (χ4n) is 8.84. The van der Waals surface area contributed by atoms with Gasteiger partial charge in [0, 0.05) is 61.3 Å². The van der Waals surface area contributed by atoms with Crippen molar-refractivity contribution in [2.24, 2.45) is 11.7 Å². The molecule has 4 aliphatic rings. The number of carbonyl (C=O) groups excluding carboxylic acids is 3. The van der Waals surface area contributed by atoms with Gasteiger partial charge in [-0.05, 0) is 94.9 Å². The number of benzene rings is 1. The Kier molecular flexibility index (Phi) is 11.0. The number of aromatic nitrogens is 2. The third kappa shape index (κ3) is 7.53. The van der Waals surface area contributed by atoms with E-state index in [1.165, 1.54) is 6.07 Å². The molecule has 1 aliphatic carbocycles. The number of nitrogens with one attached hydrogen (secondary N) is 1. The quantitative estimate of drug-likeness (QED) is 0.178. The number of fused-ring (bicyclic) bond motifs is 5. The van der Waals surface area contributed by atoms with Gasteiger partial charge in [-0.15, -0.1) is 0 Å². The van der Waals surface area contributed by atoms with Crippen LogP contribution in [0.15, 0.2) is 16.9 Å². The number of alkyl carbamates (subject to hydrolysis) is 1. The molecule has 3 unspecified atom stereocenters. The van der Waals surface area contributed by atoms with Crippen LogP contribution in [0.4, 0.5) is 9.18 Å². The molecular weight excluding hydrogens is 725 g/mol. The van der Waals surface area contributed by atoms with Crippen LogP contribution in [-0.2, 0) is 60.1 Å². The third-order valence-electron chi connectivity index (χ3n) is 11.7. The number of esters is 1. The van der Waals surface area contributed by atoms with Crippen LogP contribution in [0.2, 0.25) is 0 Å². The number of nitrogens with two attached hydrogens (primary N) is 1. The molecule has 4 atom stereocenters. The molecule has 1 aromatic carbocycles. The molecule has 3 aromatic rings. The maximum Gasteiger partial charge on any atom is 0.407 e. The van der Waals surface area contributed by atoms with Gasteiger partial charge >= 0.3 is 12.1 Å². The highest BCUT2D eigenvalue weighted by atomic mass is 19.1. The lowest BCUT2D eigenvalue weighted by Crippen LogP contribution is -2.49. The molecule has 5 heterocycles. The van der Waals surface area contributed by atoms with Gasteiger partial charge < -0.3 is 39.7 Å². The zero-order valence-corrected chi connectivity index (χ0v) is 32.8. The van der Waals surface area contributed by atoms with E-state index in [-0.39, 0.29) is 55.9 Å². The van der Waals surface area contributed by atoms with E-state index in [1.54, 1.807) is 45.3 Å². The molecule has 0 bridgehead atoms. The van der Waals surface area contributed by atoms with E-state index in [1.807, 2.05) is 0 Å². The van der Waals surface area contributed by atoms with Gasteiger partial charge in [0.1, 0.15) is 18.0 Å². The Bertz CT molecular complexity index is 2130. The highest BCUT2D eigenvalue weighted by Crippen LogP contribution is 2.45. The third-order valence-corrected chi connectivity index (χ3v) is 11.7. The number of amides is 2. The summed E-state index contributed by atoms with van der Waals surface area (Å²) in [6.07, 6.45) is 2.77. The van der Waals surface area contributed by atoms with Gasteiger partial charge in [-0.2, -0.15) is 0 Å². The highest BCUT2D eigenvalue weighted by Gasteiger charge is 2.46. The second-order valence-corrected chi connectivity index (χ2v) is 16.4. The Morgan fingerprint density at radius 2 is 1.93 bits per heavy atom. The predicted octanol–water partition coefficient (Wildman–Crippen LogP) is 3.86. The summed E-state index contributed by atoms with van der Waals surface area (Å²) in [4.78, 5) is 59.4. The summed E-state index contributed by atoms with van der Waals surface area (Å²) < 4.78 is 40.1. The number of hydrogen-bond acceptors (Lipinski definition) is 11. The van der Waals surface area contributed by atoms with Crippen molar-refractivity contribution < 1.29 is 42.8 Å². The molecule has 4 N–H and O–H groups in total. The van der Waals surface area contributed by atoms with Crippen LogP contribution < -0.4 is 16.6 Å². The number of ether oxygens (including phenoxy) is 4. The number of nitrogens with zero attached hydrogens (tertiary/aromatic N) is 3. The monoisotopic (exact) mass is 777 g/mol. The normalized spacial score (nSPS) is 22.0. The lowest BCUT2D eigenvalue weighted by Gasteiger charge is -2.40. The number of halogens is 1. The molecule has 7 rings (SSSR count). The van der Waals surface area contributed by atoms with Crippen molar-refractivity contribution in [2.45, 2.75) is 116 Å². The van der Waals surface area contributed by atoms with E-state index in [0.717, 1.165) is 41.3 Å². The van der Waals surface area contributed by atoms with Gasteiger partial charge in [0.25, 0.3) is 5.56 Å². The lowest BCUT2D eigenvalue weighted by atomic mass is 9.75. The Morgan fingerprint density at radius 3 is 2.62 bits per heavy atom. The van der Waals surface area contributed by atoms with Crippen LogP contribution >= 0.6 is 0 Å². The van der Waals surface area contributed by atoms with E-state index in [0.29, 0.717) is 61.6 Å². The fraction of sp³-hybridized carbons (Fsp3) is 0.585. The van der Waals surface area contributed by atoms with Gasteiger partial charge in [0.2, 0.25) is 5.91 Å². The first-order valence-corrected chi connectivity index (χ1v) is 19.6. The number of pyridine rings is 2. The molecule has 14 nitrogen and oxygen atoms in total. The predicted molar refractivity (Wildman–Crippen MR) is 203 cm³/mol. The Hall–Kier alpha value is -4.44. The summed E-state index contributed by atoms with van der Waals surface area (Å²) >= 11 is 0. The second kappa shape index (κ2) is 15.5. The summed E-state index contributed by atoms with van der Waals surface area (Å²) in [5.41, 5.74) is 7.57. The summed E-state index contributed by atoms with van der Waals surface area (Å²) in [5, 5.41) is 15.1. The van der Waals surface area contributed by atoms with E-state index in [9.17, 15) is 24.3 Å². The molecule has 0 spiro atoms. The molecular formula is C41H52FN5O9. The summed E-state index contributed by atoms with van der Waals surface area (Å²) in [7, 11) is 0. The Morgan fingerprint density at radius 1 is 1.16 bits per heavy atom. The number of primary amides is 1. The van der Waals surface area contributed by atoms with Crippen molar-refractivity contribution in [1.82, 2.24) is 19.8 Å². The van der Waals surface area contributed by atoms with Crippen molar-refractivity contribution in [2.75, 3.05) is 32.8 Å². The van der Waals surface area contributed by atoms with Crippen LogP contribution in [-0.4, -0.2) is 88.3 Å². The second-order valence-electron chi connectivity index (χ2n) is 16.4. The molecule has 2 aromatic heterocycles. The number of rotatable bonds is 12. The zero-order valence-electron chi connectivity index (χ0n) is 32.8. The molecule has 1 fully saturated rings. The summed E-state index contributed by atoms with van der Waals surface area (Å²) in [5.74, 6) is -2.00. The van der Waals surface area contributed by atoms with Gasteiger partial charge in [-0.25, -0.2) is 19.0 Å². The van der Waals surface area contributed by atoms with Crippen LogP contribution in [0.5, 0.6) is 0 Å². The zero-order chi connectivity index (χ0) is 40.1. The largest absolute Gasteiger partial charge is 0.458 e. The maximum absolute atomic E-state index is 15.8. The molecule has 2 amide bonds. The van der Waals surface area contributed by atoms with Crippen molar-refractivity contribution in [3.63, 3.8) is 0 Å². The van der Waals surface area contributed by atoms with Crippen molar-refractivity contribution >= 4 is 28.9 Å². The van der Waals surface area contributed by atoms with E-state index in [4.69, 9.17) is 29.7 Å². The van der Waals surface area contributed by atoms with Crippen LogP contribution in [0.1, 0.15) is 93.2 Å². The summed E-state index contributed by atoms with van der Waals surface area (Å²) in [6, 6.07) is 2.62. The topological polar surface area (TPSA) is 185 Å². The minimum atomic E-state index is -1.99. The molecule has 1 saturated heterocycles. The number of carbonyl (C=O) groups is 3. The minimum Gasteiger partial charge on any atom is -0.458 e. The lowest BCUT2D eigenvalue weighted by molar-refractivity contribution is -0.172. The SMILES string of the molecule is CC[C@@]1(O)C(=O)OCc2c1cc1n(c2=O)Cc2c-1nc1cc(F)c(C)c3c1c2CC(C(CC(N)=O)N(CCNC(=O)OC(C)(C)C)CCOC1CCCCO1)C3. The van der Waals surface area contributed by atoms with Gasteiger partial charge in [0.05, 0.1) is 35.6 Å². The molecule has 56 heavy (non-hydrogen) atoms. The van der Waals surface area contributed by atoms with Crippen LogP contribution in [0, 0.1) is 18.7 Å². The average molecular weight is 778 g/mol. The molecule has 0 radical (unpaired) electrons. The van der Waals surface area contributed by atoms with Crippen molar-refractivity contribution in [3.8, 4) is 11.4 Å². The van der Waals surface area contributed by atoms with Crippen molar-refractivity contribution in [1.29, 1.82) is 0 Å². The average Bonchev–Trinajstić information content (AvgIpc) is 3.52. The Labute approximate surface area is 324 Å². The van der Waals surface area contributed by atoms with Gasteiger partial charge in [-0.3, -0.25) is 14.5 Å². The maximum atomic E-state index is 15.8. The molecule has 302 valence electrons. The van der Waals surface area contributed by atoms with Gasteiger partial charge in [0.15, 0.2) is 11.9 Å². The van der Waals surface area contributed by atoms with E-state index < -0.39 is 46.6 Å². The number of aliphatic hydroxyl groups is 1. The number of cyclic esters (lactones) is 1. The van der Waals surface area contributed by atoms with E-state index >= 15 is 4.39 Å². The Balaban J connectivity index is 1.27. The minimum absolute atomic E-state index is 0.00424. The molecule has 3 aliphatic heterocycles. The first kappa shape index (κ1) is 39.8. The molecule has 15 heteroatoms. The smallest absolute Gasteiger partial charge is 0.407 e. The fourth-order valence-corrected chi connectivity index (χ4v) is 8.84. The standard InChI is InChI=1S/C41H52FN5O9/c1-6-41(52)28-17-32-36-26(20-47(32)37(49)27(28)21-55-38(41)50)25-16-23(15-24-22(2)29(42)18-30(45-36)35(24)25)31(19-33(43)48)46(11-10-44-39(51)56-40(3,4)5)12-14-54-34-9-7-8-13-53-34/h17-18,23,31,34,52H,6-16,19-21H2,1-5H3,(H2,43,48)(H,44,51)/t23?,31?,34?,41-/m0/s1. The number of hydrogen-bond donors (Lipinski definition) is 3. The van der Waals surface area contributed by atoms with Gasteiger partial charge in [-0.1, -0.05) is 6.92 Å².